The van der Waals surface area contributed by atoms with Crippen LogP contribution in [-0.2, 0) is 13.6 Å². The lowest BCUT2D eigenvalue weighted by atomic mass is 10.1. The SMILES string of the molecule is CC(CNCc1c(C(=O)O)cnn1C)C1CC1. The molecule has 1 unspecified atom stereocenters. The molecule has 1 aromatic heterocycles. The maximum atomic E-state index is 11.0. The van der Waals surface area contributed by atoms with Crippen LogP contribution >= 0.6 is 0 Å². The van der Waals surface area contributed by atoms with Crippen molar-refractivity contribution in [2.24, 2.45) is 18.9 Å². The number of nitrogens with zero attached hydrogens (tertiary/aromatic N) is 2. The number of rotatable bonds is 6. The van der Waals surface area contributed by atoms with Crippen LogP contribution < -0.4 is 5.32 Å². The van der Waals surface area contributed by atoms with Gasteiger partial charge in [0.05, 0.1) is 11.9 Å². The normalized spacial score (nSPS) is 17.1. The number of carbonyl (C=O) groups is 1. The third-order valence-electron chi connectivity index (χ3n) is 3.48. The minimum Gasteiger partial charge on any atom is -0.478 e. The lowest BCUT2D eigenvalue weighted by Gasteiger charge is -2.11. The van der Waals surface area contributed by atoms with Crippen molar-refractivity contribution in [3.8, 4) is 0 Å². The van der Waals surface area contributed by atoms with E-state index in [1.165, 1.54) is 19.0 Å². The van der Waals surface area contributed by atoms with Crippen molar-refractivity contribution in [3.05, 3.63) is 17.5 Å². The Balaban J connectivity index is 1.89. The third-order valence-corrected chi connectivity index (χ3v) is 3.48. The first-order valence-electron chi connectivity index (χ1n) is 6.04. The molecule has 0 bridgehead atoms. The van der Waals surface area contributed by atoms with Gasteiger partial charge in [0.15, 0.2) is 0 Å². The van der Waals surface area contributed by atoms with Gasteiger partial charge in [0, 0.05) is 13.6 Å². The Morgan fingerprint density at radius 3 is 3.00 bits per heavy atom. The van der Waals surface area contributed by atoms with E-state index >= 15 is 0 Å². The summed E-state index contributed by atoms with van der Waals surface area (Å²) in [6.45, 7) is 3.75. The smallest absolute Gasteiger partial charge is 0.339 e. The molecule has 0 saturated heterocycles. The topological polar surface area (TPSA) is 67.2 Å². The molecule has 1 aromatic rings. The van der Waals surface area contributed by atoms with Crippen molar-refractivity contribution < 1.29 is 9.90 Å². The third kappa shape index (κ3) is 2.85. The fraction of sp³-hybridized carbons (Fsp3) is 0.667. The summed E-state index contributed by atoms with van der Waals surface area (Å²) in [5.74, 6) is 0.634. The first-order valence-corrected chi connectivity index (χ1v) is 6.04. The molecule has 2 N–H and O–H groups in total. The van der Waals surface area contributed by atoms with Crippen molar-refractivity contribution in [3.63, 3.8) is 0 Å². The number of carboxylic acids is 1. The molecule has 1 fully saturated rings. The Labute approximate surface area is 101 Å². The number of hydrogen-bond acceptors (Lipinski definition) is 3. The average molecular weight is 237 g/mol. The zero-order chi connectivity index (χ0) is 12.4. The Morgan fingerprint density at radius 1 is 1.71 bits per heavy atom. The Bertz CT molecular complexity index is 410. The maximum absolute atomic E-state index is 11.0. The highest BCUT2D eigenvalue weighted by molar-refractivity contribution is 5.88. The largest absolute Gasteiger partial charge is 0.478 e. The quantitative estimate of drug-likeness (QED) is 0.781. The minimum absolute atomic E-state index is 0.291. The van der Waals surface area contributed by atoms with Crippen LogP contribution in [-0.4, -0.2) is 27.4 Å². The molecule has 1 heterocycles. The standard InChI is InChI=1S/C12H19N3O2/c1-8(9-3-4-9)5-13-7-11-10(12(16)17)6-14-15(11)2/h6,8-9,13H,3-5,7H2,1-2H3,(H,16,17). The summed E-state index contributed by atoms with van der Waals surface area (Å²) in [5.41, 5.74) is 1.03. The molecule has 1 saturated carbocycles. The molecule has 0 aliphatic heterocycles. The van der Waals surface area contributed by atoms with E-state index < -0.39 is 5.97 Å². The van der Waals surface area contributed by atoms with Crippen LogP contribution in [0.4, 0.5) is 0 Å². The summed E-state index contributed by atoms with van der Waals surface area (Å²) >= 11 is 0. The fourth-order valence-corrected chi connectivity index (χ4v) is 2.10. The molecule has 0 amide bonds. The van der Waals surface area contributed by atoms with Gasteiger partial charge in [-0.3, -0.25) is 4.68 Å². The van der Waals surface area contributed by atoms with Gasteiger partial charge < -0.3 is 10.4 Å². The van der Waals surface area contributed by atoms with Crippen LogP contribution in [0.15, 0.2) is 6.20 Å². The van der Waals surface area contributed by atoms with Gasteiger partial charge in [0.2, 0.25) is 0 Å². The van der Waals surface area contributed by atoms with Gasteiger partial charge in [-0.1, -0.05) is 6.92 Å². The second-order valence-electron chi connectivity index (χ2n) is 4.88. The summed E-state index contributed by atoms with van der Waals surface area (Å²) in [6, 6.07) is 0. The van der Waals surface area contributed by atoms with Gasteiger partial charge in [0.1, 0.15) is 5.56 Å². The Hall–Kier alpha value is -1.36. The molecule has 17 heavy (non-hydrogen) atoms. The Kier molecular flexibility index (Phi) is 3.47. The van der Waals surface area contributed by atoms with Gasteiger partial charge >= 0.3 is 5.97 Å². The average Bonchev–Trinajstić information content (AvgIpc) is 3.05. The summed E-state index contributed by atoms with van der Waals surface area (Å²) in [6.07, 6.45) is 4.09. The van der Waals surface area contributed by atoms with E-state index in [0.717, 1.165) is 18.2 Å². The summed E-state index contributed by atoms with van der Waals surface area (Å²) in [4.78, 5) is 11.0. The van der Waals surface area contributed by atoms with Crippen molar-refractivity contribution in [2.75, 3.05) is 6.54 Å². The fourth-order valence-electron chi connectivity index (χ4n) is 2.10. The number of aryl methyl sites for hydroxylation is 1. The molecule has 0 aromatic carbocycles. The molecule has 1 aliphatic rings. The molecule has 1 atom stereocenters. The van der Waals surface area contributed by atoms with E-state index in [1.807, 2.05) is 0 Å². The van der Waals surface area contributed by atoms with Crippen LogP contribution in [0, 0.1) is 11.8 Å². The molecule has 0 radical (unpaired) electrons. The lowest BCUT2D eigenvalue weighted by molar-refractivity contribution is 0.0695. The first kappa shape index (κ1) is 12.1. The van der Waals surface area contributed by atoms with Crippen molar-refractivity contribution >= 4 is 5.97 Å². The highest BCUT2D eigenvalue weighted by Gasteiger charge is 2.27. The maximum Gasteiger partial charge on any atom is 0.339 e. The molecule has 5 heteroatoms. The second-order valence-corrected chi connectivity index (χ2v) is 4.88. The van der Waals surface area contributed by atoms with Crippen LogP contribution in [0.1, 0.15) is 35.8 Å². The summed E-state index contributed by atoms with van der Waals surface area (Å²) in [7, 11) is 1.77. The Morgan fingerprint density at radius 2 is 2.41 bits per heavy atom. The van der Waals surface area contributed by atoms with Crippen LogP contribution in [0.3, 0.4) is 0 Å². The number of nitrogens with one attached hydrogen (secondary N) is 1. The van der Waals surface area contributed by atoms with Gasteiger partial charge in [0.25, 0.3) is 0 Å². The minimum atomic E-state index is -0.912. The van der Waals surface area contributed by atoms with E-state index in [9.17, 15) is 4.79 Å². The van der Waals surface area contributed by atoms with E-state index in [4.69, 9.17) is 5.11 Å². The molecule has 0 spiro atoms. The van der Waals surface area contributed by atoms with Crippen LogP contribution in [0.2, 0.25) is 0 Å². The van der Waals surface area contributed by atoms with Gasteiger partial charge in [-0.2, -0.15) is 5.10 Å². The predicted molar refractivity (Wildman–Crippen MR) is 63.8 cm³/mol. The number of aromatic nitrogens is 2. The van der Waals surface area contributed by atoms with Crippen molar-refractivity contribution in [1.29, 1.82) is 0 Å². The molecular formula is C12H19N3O2. The van der Waals surface area contributed by atoms with Crippen molar-refractivity contribution in [2.45, 2.75) is 26.3 Å². The molecule has 94 valence electrons. The number of aromatic carboxylic acids is 1. The summed E-state index contributed by atoms with van der Waals surface area (Å²) in [5, 5.41) is 16.3. The molecule has 1 aliphatic carbocycles. The van der Waals surface area contributed by atoms with Gasteiger partial charge in [-0.15, -0.1) is 0 Å². The van der Waals surface area contributed by atoms with Gasteiger partial charge in [-0.05, 0) is 31.2 Å². The van der Waals surface area contributed by atoms with Crippen LogP contribution in [0.25, 0.3) is 0 Å². The highest BCUT2D eigenvalue weighted by Crippen LogP contribution is 2.36. The number of carboxylic acid groups (broad SMARTS) is 1. The van der Waals surface area contributed by atoms with E-state index in [-0.39, 0.29) is 0 Å². The zero-order valence-electron chi connectivity index (χ0n) is 10.3. The molecule has 5 nitrogen and oxygen atoms in total. The first-order chi connectivity index (χ1) is 8.09. The lowest BCUT2D eigenvalue weighted by Crippen LogP contribution is -2.24. The van der Waals surface area contributed by atoms with E-state index in [0.29, 0.717) is 18.0 Å². The van der Waals surface area contributed by atoms with Gasteiger partial charge in [-0.25, -0.2) is 4.79 Å². The van der Waals surface area contributed by atoms with Crippen molar-refractivity contribution in [1.82, 2.24) is 15.1 Å². The highest BCUT2D eigenvalue weighted by atomic mass is 16.4. The van der Waals surface area contributed by atoms with E-state index in [2.05, 4.69) is 17.3 Å². The molecular weight excluding hydrogens is 218 g/mol. The zero-order valence-corrected chi connectivity index (χ0v) is 10.3. The number of hydrogen-bond donors (Lipinski definition) is 2. The predicted octanol–water partition coefficient (Wildman–Crippen LogP) is 1.25. The van der Waals surface area contributed by atoms with E-state index in [1.54, 1.807) is 11.7 Å². The summed E-state index contributed by atoms with van der Waals surface area (Å²) < 4.78 is 1.62. The van der Waals surface area contributed by atoms with Crippen LogP contribution in [0.5, 0.6) is 0 Å². The monoisotopic (exact) mass is 237 g/mol. The molecule has 2 rings (SSSR count). The second kappa shape index (κ2) is 4.87.